The molecular weight excluding hydrogens is 374 g/mol. The number of fused-ring (bicyclic) bond motifs is 1. The highest BCUT2D eigenvalue weighted by Crippen LogP contribution is 2.41. The molecule has 0 aromatic carbocycles. The fourth-order valence-electron chi connectivity index (χ4n) is 2.65. The summed E-state index contributed by atoms with van der Waals surface area (Å²) >= 11 is 3.27. The number of aliphatic hydroxyl groups excluding tert-OH is 2. The molecule has 5 N–H and O–H groups in total. The number of hydrogen-bond acceptors (Lipinski definition) is 9. The molecule has 1 aliphatic heterocycles. The maximum Gasteiger partial charge on any atom is 0.247 e. The number of hydrogen-bond donors (Lipinski definition) is 4. The van der Waals surface area contributed by atoms with Gasteiger partial charge in [0.05, 0.1) is 13.7 Å². The van der Waals surface area contributed by atoms with Crippen molar-refractivity contribution in [1.82, 2.24) is 19.5 Å². The van der Waals surface area contributed by atoms with Crippen molar-refractivity contribution in [3.63, 3.8) is 0 Å². The molecule has 2 aromatic rings. The molecule has 23 heavy (non-hydrogen) atoms. The van der Waals surface area contributed by atoms with Crippen LogP contribution in [0.5, 0.6) is 5.88 Å². The van der Waals surface area contributed by atoms with Crippen molar-refractivity contribution in [2.75, 3.05) is 19.5 Å². The number of nitrogens with two attached hydrogens (primary N) is 1. The van der Waals surface area contributed by atoms with Crippen molar-refractivity contribution in [3.05, 3.63) is 4.73 Å². The standard InChI is InChI=1S/C12H16BrN5O5/c1-12(21)6(20)4(3-19)23-9(12)18-7-5(15-10(18)13)8(22-2)17-11(14)16-7/h4,6,9,19-21H,3H2,1-2H3,(H2,14,16,17). The Morgan fingerprint density at radius 2 is 2.13 bits per heavy atom. The van der Waals surface area contributed by atoms with Crippen LogP contribution in [-0.4, -0.2) is 66.4 Å². The predicted molar refractivity (Wildman–Crippen MR) is 81.6 cm³/mol. The number of ether oxygens (including phenoxy) is 2. The van der Waals surface area contributed by atoms with Crippen LogP contribution in [0.2, 0.25) is 0 Å². The van der Waals surface area contributed by atoms with Gasteiger partial charge in [-0.3, -0.25) is 4.57 Å². The van der Waals surface area contributed by atoms with E-state index < -0.39 is 30.6 Å². The molecular formula is C12H16BrN5O5. The highest BCUT2D eigenvalue weighted by molar-refractivity contribution is 9.10. The highest BCUT2D eigenvalue weighted by Gasteiger charge is 2.53. The second-order valence-electron chi connectivity index (χ2n) is 5.39. The smallest absolute Gasteiger partial charge is 0.247 e. The van der Waals surface area contributed by atoms with Gasteiger partial charge in [0.25, 0.3) is 0 Å². The summed E-state index contributed by atoms with van der Waals surface area (Å²) in [5.74, 6) is 0.128. The average molecular weight is 390 g/mol. The Hall–Kier alpha value is -1.53. The van der Waals surface area contributed by atoms with E-state index in [1.807, 2.05) is 0 Å². The van der Waals surface area contributed by atoms with Gasteiger partial charge in [0.2, 0.25) is 11.8 Å². The molecule has 0 saturated carbocycles. The van der Waals surface area contributed by atoms with Gasteiger partial charge in [0.15, 0.2) is 22.1 Å². The lowest BCUT2D eigenvalue weighted by atomic mass is 9.96. The third-order valence-corrected chi connectivity index (χ3v) is 4.40. The molecule has 1 aliphatic rings. The van der Waals surface area contributed by atoms with Crippen LogP contribution < -0.4 is 10.5 Å². The molecule has 2 aromatic heterocycles. The summed E-state index contributed by atoms with van der Waals surface area (Å²) in [5, 5.41) is 30.0. The van der Waals surface area contributed by atoms with E-state index >= 15 is 0 Å². The van der Waals surface area contributed by atoms with Crippen LogP contribution >= 0.6 is 15.9 Å². The van der Waals surface area contributed by atoms with Gasteiger partial charge in [-0.1, -0.05) is 0 Å². The molecule has 3 rings (SSSR count). The number of aliphatic hydroxyl groups is 3. The van der Waals surface area contributed by atoms with E-state index in [1.165, 1.54) is 18.6 Å². The molecule has 0 amide bonds. The van der Waals surface area contributed by atoms with Crippen molar-refractivity contribution in [1.29, 1.82) is 0 Å². The first-order valence-corrected chi connectivity index (χ1v) is 7.52. The Morgan fingerprint density at radius 3 is 2.70 bits per heavy atom. The maximum absolute atomic E-state index is 10.6. The minimum absolute atomic E-state index is 0.0418. The van der Waals surface area contributed by atoms with E-state index in [-0.39, 0.29) is 22.2 Å². The SMILES string of the molecule is COc1nc(N)nc2c1nc(Br)n2C1OC(CO)C(O)C1(C)O. The van der Waals surface area contributed by atoms with Crippen LogP contribution in [-0.2, 0) is 4.74 Å². The third kappa shape index (κ3) is 2.35. The van der Waals surface area contributed by atoms with Crippen molar-refractivity contribution in [2.24, 2.45) is 0 Å². The summed E-state index contributed by atoms with van der Waals surface area (Å²) in [5.41, 5.74) is 4.57. The Balaban J connectivity index is 2.21. The van der Waals surface area contributed by atoms with E-state index in [0.29, 0.717) is 5.52 Å². The Labute approximate surface area is 139 Å². The molecule has 0 spiro atoms. The number of aromatic nitrogens is 4. The second kappa shape index (κ2) is 5.53. The van der Waals surface area contributed by atoms with Crippen LogP contribution in [0.25, 0.3) is 11.2 Å². The zero-order valence-corrected chi connectivity index (χ0v) is 13.9. The van der Waals surface area contributed by atoms with Crippen LogP contribution in [0.3, 0.4) is 0 Å². The number of methoxy groups -OCH3 is 1. The van der Waals surface area contributed by atoms with Crippen LogP contribution in [0, 0.1) is 0 Å². The van der Waals surface area contributed by atoms with Gasteiger partial charge >= 0.3 is 0 Å². The first-order valence-electron chi connectivity index (χ1n) is 6.73. The highest BCUT2D eigenvalue weighted by atomic mass is 79.9. The number of anilines is 1. The van der Waals surface area contributed by atoms with Crippen LogP contribution in [0.15, 0.2) is 4.73 Å². The second-order valence-corrected chi connectivity index (χ2v) is 6.10. The summed E-state index contributed by atoms with van der Waals surface area (Å²) < 4.78 is 12.4. The van der Waals surface area contributed by atoms with E-state index in [1.54, 1.807) is 0 Å². The number of nitrogens with zero attached hydrogens (tertiary/aromatic N) is 4. The quantitative estimate of drug-likeness (QED) is 0.493. The number of imidazole rings is 1. The number of rotatable bonds is 3. The monoisotopic (exact) mass is 389 g/mol. The predicted octanol–water partition coefficient (Wildman–Crippen LogP) is -0.819. The van der Waals surface area contributed by atoms with E-state index in [4.69, 9.17) is 15.2 Å². The molecule has 3 heterocycles. The molecule has 4 unspecified atom stereocenters. The average Bonchev–Trinajstić information content (AvgIpc) is 2.93. The van der Waals surface area contributed by atoms with Crippen LogP contribution in [0.1, 0.15) is 13.2 Å². The lowest BCUT2D eigenvalue weighted by Gasteiger charge is -2.27. The van der Waals surface area contributed by atoms with E-state index in [9.17, 15) is 15.3 Å². The maximum atomic E-state index is 10.6. The van der Waals surface area contributed by atoms with Crippen molar-refractivity contribution in [2.45, 2.75) is 31.0 Å². The van der Waals surface area contributed by atoms with Gasteiger partial charge in [-0.15, -0.1) is 0 Å². The number of nitrogen functional groups attached to an aromatic ring is 1. The summed E-state index contributed by atoms with van der Waals surface area (Å²) in [6, 6.07) is 0. The topological polar surface area (TPSA) is 149 Å². The summed E-state index contributed by atoms with van der Waals surface area (Å²) in [6.45, 7) is 0.955. The van der Waals surface area contributed by atoms with Gasteiger partial charge < -0.3 is 30.5 Å². The van der Waals surface area contributed by atoms with Gasteiger partial charge in [0, 0.05) is 0 Å². The summed E-state index contributed by atoms with van der Waals surface area (Å²) in [4.78, 5) is 12.3. The molecule has 126 valence electrons. The van der Waals surface area contributed by atoms with Crippen molar-refractivity contribution < 1.29 is 24.8 Å². The summed E-state index contributed by atoms with van der Waals surface area (Å²) in [7, 11) is 1.42. The fourth-order valence-corrected chi connectivity index (χ4v) is 3.19. The van der Waals surface area contributed by atoms with Gasteiger partial charge in [0.1, 0.15) is 17.8 Å². The minimum Gasteiger partial charge on any atom is -0.479 e. The molecule has 11 heteroatoms. The first kappa shape index (κ1) is 16.3. The zero-order chi connectivity index (χ0) is 16.9. The van der Waals surface area contributed by atoms with Crippen LogP contribution in [0.4, 0.5) is 5.95 Å². The Bertz CT molecular complexity index is 751. The lowest BCUT2D eigenvalue weighted by molar-refractivity contribution is -0.0960. The molecule has 0 bridgehead atoms. The van der Waals surface area contributed by atoms with E-state index in [2.05, 4.69) is 30.9 Å². The largest absolute Gasteiger partial charge is 0.479 e. The molecule has 10 nitrogen and oxygen atoms in total. The normalized spacial score (nSPS) is 31.0. The molecule has 0 aliphatic carbocycles. The minimum atomic E-state index is -1.68. The zero-order valence-electron chi connectivity index (χ0n) is 12.3. The van der Waals surface area contributed by atoms with Gasteiger partial charge in [-0.2, -0.15) is 9.97 Å². The molecule has 4 atom stereocenters. The van der Waals surface area contributed by atoms with Gasteiger partial charge in [-0.25, -0.2) is 4.98 Å². The van der Waals surface area contributed by atoms with Crippen molar-refractivity contribution >= 4 is 33.0 Å². The Morgan fingerprint density at radius 1 is 1.43 bits per heavy atom. The van der Waals surface area contributed by atoms with Gasteiger partial charge in [-0.05, 0) is 22.9 Å². The fraction of sp³-hybridized carbons (Fsp3) is 0.583. The summed E-state index contributed by atoms with van der Waals surface area (Å²) in [6.07, 6.45) is -3.28. The first-order chi connectivity index (χ1) is 10.8. The van der Waals surface area contributed by atoms with E-state index in [0.717, 1.165) is 0 Å². The molecule has 1 fully saturated rings. The third-order valence-electron chi connectivity index (χ3n) is 3.84. The number of halogens is 1. The van der Waals surface area contributed by atoms with Crippen molar-refractivity contribution in [3.8, 4) is 5.88 Å². The lowest BCUT2D eigenvalue weighted by Crippen LogP contribution is -2.44. The molecule has 1 saturated heterocycles. The Kier molecular flexibility index (Phi) is 3.92. The molecule has 0 radical (unpaired) electrons.